The summed E-state index contributed by atoms with van der Waals surface area (Å²) in [5.74, 6) is -0.0876. The first-order valence-electron chi connectivity index (χ1n) is 8.31. The molecular weight excluding hydrogens is 394 g/mol. The molecule has 132 valence electrons. The minimum Gasteiger partial charge on any atom is -0.326 e. The Labute approximate surface area is 159 Å². The number of carbonyl (C=O) groups is 1. The molecule has 2 aromatic carbocycles. The molecule has 0 unspecified atom stereocenters. The van der Waals surface area contributed by atoms with Crippen LogP contribution in [0.2, 0.25) is 0 Å². The molecule has 3 rings (SSSR count). The van der Waals surface area contributed by atoms with E-state index in [4.69, 9.17) is 0 Å². The van der Waals surface area contributed by atoms with Crippen molar-refractivity contribution in [3.63, 3.8) is 0 Å². The van der Waals surface area contributed by atoms with E-state index in [9.17, 15) is 9.59 Å². The van der Waals surface area contributed by atoms with Crippen molar-refractivity contribution in [2.24, 2.45) is 0 Å². The number of anilines is 1. The Balaban J connectivity index is 1.59. The van der Waals surface area contributed by atoms with Crippen molar-refractivity contribution >= 4 is 27.5 Å². The number of rotatable bonds is 6. The molecule has 0 radical (unpaired) electrons. The zero-order valence-corrected chi connectivity index (χ0v) is 15.6. The van der Waals surface area contributed by atoms with Crippen molar-refractivity contribution in [3.8, 4) is 11.3 Å². The number of benzene rings is 2. The highest BCUT2D eigenvalue weighted by atomic mass is 79.9. The van der Waals surface area contributed by atoms with E-state index in [1.807, 2.05) is 54.6 Å². The van der Waals surface area contributed by atoms with Gasteiger partial charge in [0, 0.05) is 34.8 Å². The number of nitrogens with one attached hydrogen (secondary N) is 1. The molecule has 1 amide bonds. The standard InChI is InChI=1S/C20H18BrN3O2/c21-16-8-4-9-17(14-16)22-19(25)10-5-13-24-20(26)12-11-18(23-24)15-6-2-1-3-7-15/h1-4,6-9,11-12,14H,5,10,13H2,(H,22,25). The lowest BCUT2D eigenvalue weighted by molar-refractivity contribution is -0.116. The molecule has 5 nitrogen and oxygen atoms in total. The van der Waals surface area contributed by atoms with Gasteiger partial charge in [-0.3, -0.25) is 9.59 Å². The van der Waals surface area contributed by atoms with Gasteiger partial charge in [-0.2, -0.15) is 5.10 Å². The lowest BCUT2D eigenvalue weighted by Crippen LogP contribution is -2.23. The Kier molecular flexibility index (Phi) is 5.96. The van der Waals surface area contributed by atoms with Gasteiger partial charge >= 0.3 is 0 Å². The van der Waals surface area contributed by atoms with Crippen LogP contribution in [0.1, 0.15) is 12.8 Å². The summed E-state index contributed by atoms with van der Waals surface area (Å²) in [7, 11) is 0. The Hall–Kier alpha value is -2.73. The summed E-state index contributed by atoms with van der Waals surface area (Å²) in [6.07, 6.45) is 0.848. The first-order valence-corrected chi connectivity index (χ1v) is 9.10. The number of hydrogen-bond donors (Lipinski definition) is 1. The number of aryl methyl sites for hydroxylation is 1. The molecule has 0 saturated heterocycles. The van der Waals surface area contributed by atoms with Crippen molar-refractivity contribution in [2.75, 3.05) is 5.32 Å². The van der Waals surface area contributed by atoms with Crippen molar-refractivity contribution < 1.29 is 4.79 Å². The van der Waals surface area contributed by atoms with Gasteiger partial charge < -0.3 is 5.32 Å². The quantitative estimate of drug-likeness (QED) is 0.663. The van der Waals surface area contributed by atoms with Crippen molar-refractivity contribution in [2.45, 2.75) is 19.4 Å². The molecule has 0 aliphatic heterocycles. The summed E-state index contributed by atoms with van der Waals surface area (Å²) in [4.78, 5) is 24.1. The van der Waals surface area contributed by atoms with Crippen molar-refractivity contribution in [1.29, 1.82) is 0 Å². The molecule has 0 fully saturated rings. The van der Waals surface area contributed by atoms with E-state index < -0.39 is 0 Å². The van der Waals surface area contributed by atoms with Crippen molar-refractivity contribution in [3.05, 3.63) is 81.6 Å². The Morgan fingerprint density at radius 3 is 2.62 bits per heavy atom. The van der Waals surface area contributed by atoms with Crippen LogP contribution in [0.3, 0.4) is 0 Å². The zero-order valence-electron chi connectivity index (χ0n) is 14.1. The monoisotopic (exact) mass is 411 g/mol. The van der Waals surface area contributed by atoms with Crippen LogP contribution in [0.15, 0.2) is 76.0 Å². The largest absolute Gasteiger partial charge is 0.326 e. The highest BCUT2D eigenvalue weighted by molar-refractivity contribution is 9.10. The maximum absolute atomic E-state index is 12.1. The van der Waals surface area contributed by atoms with Crippen LogP contribution in [-0.4, -0.2) is 15.7 Å². The molecule has 0 aliphatic carbocycles. The van der Waals surface area contributed by atoms with Crippen LogP contribution in [0.4, 0.5) is 5.69 Å². The van der Waals surface area contributed by atoms with E-state index in [-0.39, 0.29) is 11.5 Å². The third-order valence-electron chi connectivity index (χ3n) is 3.82. The van der Waals surface area contributed by atoms with Gasteiger partial charge in [-0.25, -0.2) is 4.68 Å². The van der Waals surface area contributed by atoms with Crippen LogP contribution in [0, 0.1) is 0 Å². The second kappa shape index (κ2) is 8.58. The predicted octanol–water partition coefficient (Wildman–Crippen LogP) is 4.09. The average Bonchev–Trinajstić information content (AvgIpc) is 2.64. The number of halogens is 1. The van der Waals surface area contributed by atoms with Crippen LogP contribution in [0.25, 0.3) is 11.3 Å². The van der Waals surface area contributed by atoms with E-state index >= 15 is 0 Å². The summed E-state index contributed by atoms with van der Waals surface area (Å²) in [6.45, 7) is 0.394. The maximum atomic E-state index is 12.1. The van der Waals surface area contributed by atoms with Gasteiger partial charge in [0.25, 0.3) is 5.56 Å². The SMILES string of the molecule is O=C(CCCn1nc(-c2ccccc2)ccc1=O)Nc1cccc(Br)c1. The lowest BCUT2D eigenvalue weighted by Gasteiger charge is -2.08. The molecule has 0 saturated carbocycles. The molecule has 3 aromatic rings. The van der Waals surface area contributed by atoms with Gasteiger partial charge in [0.1, 0.15) is 0 Å². The highest BCUT2D eigenvalue weighted by Crippen LogP contribution is 2.16. The van der Waals surface area contributed by atoms with E-state index in [1.165, 1.54) is 10.7 Å². The van der Waals surface area contributed by atoms with E-state index in [2.05, 4.69) is 26.3 Å². The fraction of sp³-hybridized carbons (Fsp3) is 0.150. The molecule has 1 N–H and O–H groups in total. The third kappa shape index (κ3) is 4.89. The number of carbonyl (C=O) groups excluding carboxylic acids is 1. The van der Waals surface area contributed by atoms with Gasteiger partial charge in [-0.15, -0.1) is 0 Å². The average molecular weight is 412 g/mol. The minimum atomic E-state index is -0.169. The fourth-order valence-corrected chi connectivity index (χ4v) is 2.95. The molecular formula is C20H18BrN3O2. The van der Waals surface area contributed by atoms with E-state index in [0.717, 1.165) is 21.4 Å². The normalized spacial score (nSPS) is 10.5. The number of amides is 1. The molecule has 0 aliphatic rings. The molecule has 0 spiro atoms. The summed E-state index contributed by atoms with van der Waals surface area (Å²) in [5, 5.41) is 7.25. The molecule has 26 heavy (non-hydrogen) atoms. The smallest absolute Gasteiger partial charge is 0.266 e. The Morgan fingerprint density at radius 2 is 1.85 bits per heavy atom. The zero-order chi connectivity index (χ0) is 18.4. The number of nitrogens with zero attached hydrogens (tertiary/aromatic N) is 2. The second-order valence-corrected chi connectivity index (χ2v) is 6.72. The maximum Gasteiger partial charge on any atom is 0.266 e. The van der Waals surface area contributed by atoms with Crippen LogP contribution < -0.4 is 10.9 Å². The van der Waals surface area contributed by atoms with Crippen molar-refractivity contribution in [1.82, 2.24) is 9.78 Å². The second-order valence-electron chi connectivity index (χ2n) is 5.81. The topological polar surface area (TPSA) is 64.0 Å². The van der Waals surface area contributed by atoms with E-state index in [1.54, 1.807) is 6.07 Å². The van der Waals surface area contributed by atoms with Gasteiger partial charge in [-0.1, -0.05) is 52.3 Å². The summed E-state index contributed by atoms with van der Waals surface area (Å²) >= 11 is 3.37. The summed E-state index contributed by atoms with van der Waals surface area (Å²) < 4.78 is 2.32. The molecule has 6 heteroatoms. The highest BCUT2D eigenvalue weighted by Gasteiger charge is 2.06. The van der Waals surface area contributed by atoms with Crippen LogP contribution in [-0.2, 0) is 11.3 Å². The fourth-order valence-electron chi connectivity index (χ4n) is 2.55. The van der Waals surface area contributed by atoms with Crippen LogP contribution in [0.5, 0.6) is 0 Å². The van der Waals surface area contributed by atoms with Gasteiger partial charge in [0.15, 0.2) is 0 Å². The van der Waals surface area contributed by atoms with Gasteiger partial charge in [0.2, 0.25) is 5.91 Å². The Morgan fingerprint density at radius 1 is 1.04 bits per heavy atom. The third-order valence-corrected chi connectivity index (χ3v) is 4.31. The number of hydrogen-bond acceptors (Lipinski definition) is 3. The molecule has 0 bridgehead atoms. The summed E-state index contributed by atoms with van der Waals surface area (Å²) in [6, 6.07) is 20.3. The molecule has 1 heterocycles. The molecule has 0 atom stereocenters. The van der Waals surface area contributed by atoms with E-state index in [0.29, 0.717) is 19.4 Å². The molecule has 1 aromatic heterocycles. The first kappa shape index (κ1) is 18.1. The first-order chi connectivity index (χ1) is 12.6. The van der Waals surface area contributed by atoms with Gasteiger partial charge in [0.05, 0.1) is 5.69 Å². The summed E-state index contributed by atoms with van der Waals surface area (Å²) in [5.41, 5.74) is 2.26. The minimum absolute atomic E-state index is 0.0876. The number of aromatic nitrogens is 2. The predicted molar refractivity (Wildman–Crippen MR) is 106 cm³/mol. The van der Waals surface area contributed by atoms with Crippen LogP contribution >= 0.6 is 15.9 Å². The van der Waals surface area contributed by atoms with Gasteiger partial charge in [-0.05, 0) is 30.7 Å². The lowest BCUT2D eigenvalue weighted by atomic mass is 10.1. The Bertz CT molecular complexity index is 955.